The van der Waals surface area contributed by atoms with Crippen LogP contribution < -0.4 is 9.47 Å². The average molecular weight is 328 g/mol. The van der Waals surface area contributed by atoms with E-state index in [4.69, 9.17) is 9.47 Å². The van der Waals surface area contributed by atoms with Gasteiger partial charge in [-0.3, -0.25) is 0 Å². The van der Waals surface area contributed by atoms with E-state index in [1.54, 1.807) is 6.07 Å². The minimum Gasteiger partial charge on any atom is -0.482 e. The van der Waals surface area contributed by atoms with Crippen molar-refractivity contribution in [1.82, 2.24) is 0 Å². The normalized spacial score (nSPS) is 10.7. The molecule has 0 heterocycles. The van der Waals surface area contributed by atoms with Crippen LogP contribution in [0.4, 0.5) is 0 Å². The summed E-state index contributed by atoms with van der Waals surface area (Å²) in [6.07, 6.45) is 0. The van der Waals surface area contributed by atoms with E-state index in [0.29, 0.717) is 11.5 Å². The molecule has 0 N–H and O–H groups in total. The third-order valence-electron chi connectivity index (χ3n) is 4.05. The Morgan fingerprint density at radius 1 is 0.720 bits per heavy atom. The maximum Gasteiger partial charge on any atom is 0.349 e. The number of carbonyl (C=O) groups excluding carboxylic acids is 1. The molecule has 0 saturated carbocycles. The fraction of sp³-hybridized carbons (Fsp3) is 0.0455. The molecule has 0 amide bonds. The molecule has 0 bridgehead atoms. The Labute approximate surface area is 145 Å². The van der Waals surface area contributed by atoms with Crippen LogP contribution in [0.3, 0.4) is 0 Å². The molecule has 0 aliphatic carbocycles. The van der Waals surface area contributed by atoms with Crippen LogP contribution in [0.25, 0.3) is 21.5 Å². The molecule has 0 aliphatic heterocycles. The second kappa shape index (κ2) is 6.65. The van der Waals surface area contributed by atoms with Crippen molar-refractivity contribution in [2.45, 2.75) is 0 Å². The van der Waals surface area contributed by atoms with Crippen molar-refractivity contribution >= 4 is 27.5 Å². The van der Waals surface area contributed by atoms with Crippen molar-refractivity contribution in [3.63, 3.8) is 0 Å². The van der Waals surface area contributed by atoms with Gasteiger partial charge in [0.25, 0.3) is 0 Å². The van der Waals surface area contributed by atoms with Crippen molar-refractivity contribution < 1.29 is 14.3 Å². The lowest BCUT2D eigenvalue weighted by atomic mass is 10.1. The molecule has 0 aromatic heterocycles. The van der Waals surface area contributed by atoms with Crippen LogP contribution in [-0.4, -0.2) is 12.6 Å². The molecule has 0 radical (unpaired) electrons. The minimum atomic E-state index is -0.426. The summed E-state index contributed by atoms with van der Waals surface area (Å²) < 4.78 is 11.1. The Morgan fingerprint density at radius 2 is 1.44 bits per heavy atom. The molecular weight excluding hydrogens is 312 g/mol. The highest BCUT2D eigenvalue weighted by Gasteiger charge is 2.09. The van der Waals surface area contributed by atoms with Gasteiger partial charge in [-0.25, -0.2) is 4.79 Å². The lowest BCUT2D eigenvalue weighted by molar-refractivity contribution is -0.136. The molecule has 4 rings (SSSR count). The number of benzene rings is 4. The molecule has 0 saturated heterocycles. The molecule has 4 aromatic rings. The molecule has 3 nitrogen and oxygen atoms in total. The van der Waals surface area contributed by atoms with Gasteiger partial charge in [-0.2, -0.15) is 0 Å². The van der Waals surface area contributed by atoms with Crippen LogP contribution in [0.1, 0.15) is 0 Å². The molecule has 3 heteroatoms. The highest BCUT2D eigenvalue weighted by molar-refractivity contribution is 5.90. The van der Waals surface area contributed by atoms with Gasteiger partial charge in [0.05, 0.1) is 0 Å². The number of rotatable bonds is 4. The van der Waals surface area contributed by atoms with Gasteiger partial charge in [-0.05, 0) is 34.4 Å². The Hall–Kier alpha value is -3.33. The number of hydrogen-bond acceptors (Lipinski definition) is 3. The lowest BCUT2D eigenvalue weighted by Crippen LogP contribution is -2.17. The third-order valence-corrected chi connectivity index (χ3v) is 4.05. The third kappa shape index (κ3) is 3.31. The first kappa shape index (κ1) is 15.2. The standard InChI is InChI=1S/C22H16O3/c23-22(25-21-11-5-9-17-7-3-4-10-20(17)21)15-24-19-13-12-16-6-1-2-8-18(16)14-19/h1-14H,15H2. The quantitative estimate of drug-likeness (QED) is 0.391. The largest absolute Gasteiger partial charge is 0.482 e. The van der Waals surface area contributed by atoms with Crippen LogP contribution in [0.15, 0.2) is 84.9 Å². The zero-order valence-electron chi connectivity index (χ0n) is 13.5. The molecule has 122 valence electrons. The molecule has 0 unspecified atom stereocenters. The number of fused-ring (bicyclic) bond motifs is 2. The van der Waals surface area contributed by atoms with Crippen LogP contribution in [-0.2, 0) is 4.79 Å². The number of ether oxygens (including phenoxy) is 2. The average Bonchev–Trinajstić information content (AvgIpc) is 2.66. The Balaban J connectivity index is 1.46. The molecular formula is C22H16O3. The summed E-state index contributed by atoms with van der Waals surface area (Å²) in [5.41, 5.74) is 0. The SMILES string of the molecule is O=C(COc1ccc2ccccc2c1)Oc1cccc2ccccc12. The Morgan fingerprint density at radius 3 is 2.32 bits per heavy atom. The zero-order valence-corrected chi connectivity index (χ0v) is 13.5. The summed E-state index contributed by atoms with van der Waals surface area (Å²) in [5.74, 6) is 0.767. The number of carbonyl (C=O) groups is 1. The molecule has 25 heavy (non-hydrogen) atoms. The van der Waals surface area contributed by atoms with Gasteiger partial charge in [-0.15, -0.1) is 0 Å². The monoisotopic (exact) mass is 328 g/mol. The van der Waals surface area contributed by atoms with Gasteiger partial charge >= 0.3 is 5.97 Å². The van der Waals surface area contributed by atoms with Crippen molar-refractivity contribution in [3.05, 3.63) is 84.9 Å². The van der Waals surface area contributed by atoms with Crippen molar-refractivity contribution in [3.8, 4) is 11.5 Å². The van der Waals surface area contributed by atoms with E-state index in [1.807, 2.05) is 78.9 Å². The van der Waals surface area contributed by atoms with Crippen molar-refractivity contribution in [2.24, 2.45) is 0 Å². The number of esters is 1. The minimum absolute atomic E-state index is 0.137. The zero-order chi connectivity index (χ0) is 17.1. The summed E-state index contributed by atoms with van der Waals surface area (Å²) in [7, 11) is 0. The van der Waals surface area contributed by atoms with Crippen molar-refractivity contribution in [1.29, 1.82) is 0 Å². The second-order valence-electron chi connectivity index (χ2n) is 5.75. The van der Waals surface area contributed by atoms with Gasteiger partial charge in [0, 0.05) is 5.39 Å². The first-order valence-electron chi connectivity index (χ1n) is 8.10. The molecule has 0 atom stereocenters. The maximum atomic E-state index is 12.1. The first-order valence-corrected chi connectivity index (χ1v) is 8.10. The smallest absolute Gasteiger partial charge is 0.349 e. The summed E-state index contributed by atoms with van der Waals surface area (Å²) in [6.45, 7) is -0.137. The molecule has 4 aromatic carbocycles. The van der Waals surface area contributed by atoms with E-state index >= 15 is 0 Å². The van der Waals surface area contributed by atoms with Gasteiger partial charge in [0.15, 0.2) is 6.61 Å². The summed E-state index contributed by atoms with van der Waals surface area (Å²) in [5, 5.41) is 4.14. The topological polar surface area (TPSA) is 35.5 Å². The van der Waals surface area contributed by atoms with E-state index < -0.39 is 5.97 Å². The fourth-order valence-corrected chi connectivity index (χ4v) is 2.84. The van der Waals surface area contributed by atoms with E-state index in [0.717, 1.165) is 21.5 Å². The van der Waals surface area contributed by atoms with Crippen LogP contribution in [0.5, 0.6) is 11.5 Å². The summed E-state index contributed by atoms with van der Waals surface area (Å²) in [6, 6.07) is 27.2. The van der Waals surface area contributed by atoms with Crippen LogP contribution in [0, 0.1) is 0 Å². The summed E-state index contributed by atoms with van der Waals surface area (Å²) >= 11 is 0. The van der Waals surface area contributed by atoms with Crippen LogP contribution in [0.2, 0.25) is 0 Å². The predicted molar refractivity (Wildman–Crippen MR) is 99.0 cm³/mol. The highest BCUT2D eigenvalue weighted by Crippen LogP contribution is 2.25. The lowest BCUT2D eigenvalue weighted by Gasteiger charge is -2.09. The maximum absolute atomic E-state index is 12.1. The van der Waals surface area contributed by atoms with Gasteiger partial charge in [-0.1, -0.05) is 66.7 Å². The van der Waals surface area contributed by atoms with E-state index in [-0.39, 0.29) is 6.61 Å². The van der Waals surface area contributed by atoms with Gasteiger partial charge in [0.2, 0.25) is 0 Å². The van der Waals surface area contributed by atoms with Gasteiger partial charge in [0.1, 0.15) is 11.5 Å². The molecule has 0 spiro atoms. The molecule has 0 fully saturated rings. The summed E-state index contributed by atoms with van der Waals surface area (Å²) in [4.78, 5) is 12.1. The highest BCUT2D eigenvalue weighted by atomic mass is 16.6. The first-order chi connectivity index (χ1) is 12.3. The fourth-order valence-electron chi connectivity index (χ4n) is 2.84. The van der Waals surface area contributed by atoms with Crippen LogP contribution >= 0.6 is 0 Å². The Kier molecular flexibility index (Phi) is 4.05. The van der Waals surface area contributed by atoms with Crippen molar-refractivity contribution in [2.75, 3.05) is 6.61 Å². The Bertz CT molecular complexity index is 1050. The van der Waals surface area contributed by atoms with E-state index in [2.05, 4.69) is 0 Å². The second-order valence-corrected chi connectivity index (χ2v) is 5.75. The van der Waals surface area contributed by atoms with E-state index in [9.17, 15) is 4.79 Å². The number of hydrogen-bond donors (Lipinski definition) is 0. The predicted octanol–water partition coefficient (Wildman–Crippen LogP) is 4.98. The van der Waals surface area contributed by atoms with Gasteiger partial charge < -0.3 is 9.47 Å². The van der Waals surface area contributed by atoms with E-state index in [1.165, 1.54) is 0 Å². The molecule has 0 aliphatic rings.